The Morgan fingerprint density at radius 1 is 1.20 bits per heavy atom. The number of nitrogens with one attached hydrogen (secondary N) is 2. The third kappa shape index (κ3) is 3.55. The summed E-state index contributed by atoms with van der Waals surface area (Å²) in [5.74, 6) is -1.37. The zero-order valence-corrected chi connectivity index (χ0v) is 10.4. The van der Waals surface area contributed by atoms with Gasteiger partial charge in [0.25, 0.3) is 5.91 Å². The number of amides is 1. The number of pyridine rings is 1. The van der Waals surface area contributed by atoms with Crippen molar-refractivity contribution >= 4 is 17.6 Å². The highest BCUT2D eigenvalue weighted by atomic mass is 16.4. The standard InChI is InChI=1S/C14H12N2O4/c17-12-8-10(4-5-15-12)14(20)16-11-3-1-2-9(6-11)7-13(18)19/h1-6,8H,7H2,(H,15,17)(H,16,20)(H,18,19). The number of carbonyl (C=O) groups is 2. The van der Waals surface area contributed by atoms with Gasteiger partial charge in [-0.15, -0.1) is 0 Å². The fourth-order valence-electron chi connectivity index (χ4n) is 1.72. The Morgan fingerprint density at radius 2 is 2.00 bits per heavy atom. The molecular formula is C14H12N2O4. The van der Waals surface area contributed by atoms with Crippen molar-refractivity contribution in [3.05, 3.63) is 64.1 Å². The molecular weight excluding hydrogens is 260 g/mol. The lowest BCUT2D eigenvalue weighted by atomic mass is 10.1. The molecule has 6 nitrogen and oxygen atoms in total. The summed E-state index contributed by atoms with van der Waals surface area (Å²) >= 11 is 0. The second kappa shape index (κ2) is 5.83. The largest absolute Gasteiger partial charge is 0.481 e. The van der Waals surface area contributed by atoms with Crippen LogP contribution in [0.2, 0.25) is 0 Å². The Hall–Kier alpha value is -2.89. The number of aromatic nitrogens is 1. The van der Waals surface area contributed by atoms with E-state index in [1.54, 1.807) is 24.3 Å². The van der Waals surface area contributed by atoms with E-state index in [0.717, 1.165) is 0 Å². The van der Waals surface area contributed by atoms with E-state index in [1.165, 1.54) is 18.3 Å². The summed E-state index contributed by atoms with van der Waals surface area (Å²) in [6.07, 6.45) is 1.27. The Balaban J connectivity index is 2.15. The Kier molecular flexibility index (Phi) is 3.95. The van der Waals surface area contributed by atoms with Crippen LogP contribution in [0.3, 0.4) is 0 Å². The van der Waals surface area contributed by atoms with E-state index in [2.05, 4.69) is 10.3 Å². The van der Waals surface area contributed by atoms with Crippen molar-refractivity contribution in [1.82, 2.24) is 4.98 Å². The van der Waals surface area contributed by atoms with E-state index in [0.29, 0.717) is 11.3 Å². The van der Waals surface area contributed by atoms with Crippen LogP contribution >= 0.6 is 0 Å². The number of aliphatic carboxylic acids is 1. The summed E-state index contributed by atoms with van der Waals surface area (Å²) in [6.45, 7) is 0. The second-order valence-electron chi connectivity index (χ2n) is 4.17. The van der Waals surface area contributed by atoms with Gasteiger partial charge in [-0.3, -0.25) is 14.4 Å². The van der Waals surface area contributed by atoms with Gasteiger partial charge in [0.2, 0.25) is 5.56 Å². The van der Waals surface area contributed by atoms with E-state index in [4.69, 9.17) is 5.11 Å². The molecule has 102 valence electrons. The van der Waals surface area contributed by atoms with Crippen LogP contribution in [0.25, 0.3) is 0 Å². The molecule has 0 saturated carbocycles. The Labute approximate surface area is 114 Å². The minimum absolute atomic E-state index is 0.116. The lowest BCUT2D eigenvalue weighted by molar-refractivity contribution is -0.136. The van der Waals surface area contributed by atoms with Crippen molar-refractivity contribution in [3.63, 3.8) is 0 Å². The summed E-state index contributed by atoms with van der Waals surface area (Å²) < 4.78 is 0. The van der Waals surface area contributed by atoms with E-state index < -0.39 is 11.9 Å². The highest BCUT2D eigenvalue weighted by Gasteiger charge is 2.07. The molecule has 1 aromatic heterocycles. The van der Waals surface area contributed by atoms with Crippen LogP contribution in [-0.2, 0) is 11.2 Å². The van der Waals surface area contributed by atoms with Crippen LogP contribution in [0.4, 0.5) is 5.69 Å². The van der Waals surface area contributed by atoms with Gasteiger partial charge in [0.1, 0.15) is 0 Å². The molecule has 1 aromatic carbocycles. The third-order valence-electron chi connectivity index (χ3n) is 2.58. The molecule has 20 heavy (non-hydrogen) atoms. The van der Waals surface area contributed by atoms with Crippen molar-refractivity contribution in [2.75, 3.05) is 5.32 Å². The number of carboxylic acid groups (broad SMARTS) is 1. The molecule has 2 rings (SSSR count). The van der Waals surface area contributed by atoms with Crippen molar-refractivity contribution in [3.8, 4) is 0 Å². The van der Waals surface area contributed by atoms with Crippen LogP contribution in [0.1, 0.15) is 15.9 Å². The first-order chi connectivity index (χ1) is 9.54. The van der Waals surface area contributed by atoms with Crippen LogP contribution in [-0.4, -0.2) is 22.0 Å². The molecule has 0 bridgehead atoms. The second-order valence-corrected chi connectivity index (χ2v) is 4.17. The van der Waals surface area contributed by atoms with Gasteiger partial charge in [0.15, 0.2) is 0 Å². The maximum atomic E-state index is 11.9. The number of aromatic amines is 1. The van der Waals surface area contributed by atoms with Gasteiger partial charge in [-0.05, 0) is 23.8 Å². The molecule has 0 fully saturated rings. The van der Waals surface area contributed by atoms with E-state index >= 15 is 0 Å². The maximum Gasteiger partial charge on any atom is 0.307 e. The molecule has 0 atom stereocenters. The van der Waals surface area contributed by atoms with Crippen molar-refractivity contribution in [1.29, 1.82) is 0 Å². The van der Waals surface area contributed by atoms with Crippen molar-refractivity contribution < 1.29 is 14.7 Å². The molecule has 2 aromatic rings. The van der Waals surface area contributed by atoms with Crippen molar-refractivity contribution in [2.24, 2.45) is 0 Å². The molecule has 0 aliphatic carbocycles. The third-order valence-corrected chi connectivity index (χ3v) is 2.58. The number of H-pyrrole nitrogens is 1. The summed E-state index contributed by atoms with van der Waals surface area (Å²) in [6, 6.07) is 9.23. The summed E-state index contributed by atoms with van der Waals surface area (Å²) in [5, 5.41) is 11.3. The maximum absolute atomic E-state index is 11.9. The molecule has 0 radical (unpaired) electrons. The quantitative estimate of drug-likeness (QED) is 0.780. The average Bonchev–Trinajstić information content (AvgIpc) is 2.38. The summed E-state index contributed by atoms with van der Waals surface area (Å²) in [5.41, 5.74) is 0.935. The molecule has 0 saturated heterocycles. The number of benzene rings is 1. The highest BCUT2D eigenvalue weighted by Crippen LogP contribution is 2.12. The fourth-order valence-corrected chi connectivity index (χ4v) is 1.72. The molecule has 3 N–H and O–H groups in total. The monoisotopic (exact) mass is 272 g/mol. The van der Waals surface area contributed by atoms with Crippen LogP contribution in [0.5, 0.6) is 0 Å². The number of carbonyl (C=O) groups excluding carboxylic acids is 1. The van der Waals surface area contributed by atoms with Gasteiger partial charge in [0, 0.05) is 23.5 Å². The number of carboxylic acids is 1. The lowest BCUT2D eigenvalue weighted by Crippen LogP contribution is -2.15. The zero-order valence-electron chi connectivity index (χ0n) is 10.4. The van der Waals surface area contributed by atoms with E-state index in [9.17, 15) is 14.4 Å². The van der Waals surface area contributed by atoms with Gasteiger partial charge in [-0.25, -0.2) is 0 Å². The average molecular weight is 272 g/mol. The lowest BCUT2D eigenvalue weighted by Gasteiger charge is -2.06. The fraction of sp³-hybridized carbons (Fsp3) is 0.0714. The number of hydrogen-bond acceptors (Lipinski definition) is 3. The normalized spacial score (nSPS) is 10.0. The van der Waals surface area contributed by atoms with Gasteiger partial charge < -0.3 is 15.4 Å². The first-order valence-electron chi connectivity index (χ1n) is 5.85. The van der Waals surface area contributed by atoms with Gasteiger partial charge in [-0.1, -0.05) is 12.1 Å². The molecule has 0 unspecified atom stereocenters. The molecule has 0 spiro atoms. The Bertz CT molecular complexity index is 706. The first-order valence-corrected chi connectivity index (χ1v) is 5.85. The van der Waals surface area contributed by atoms with Crippen LogP contribution in [0.15, 0.2) is 47.4 Å². The predicted octanol–water partition coefficient (Wildman–Crippen LogP) is 1.25. The molecule has 6 heteroatoms. The van der Waals surface area contributed by atoms with Gasteiger partial charge in [-0.2, -0.15) is 0 Å². The smallest absolute Gasteiger partial charge is 0.307 e. The SMILES string of the molecule is O=C(O)Cc1cccc(NC(=O)c2cc[nH]c(=O)c2)c1. The predicted molar refractivity (Wildman–Crippen MR) is 72.8 cm³/mol. The topological polar surface area (TPSA) is 99.3 Å². The van der Waals surface area contributed by atoms with Gasteiger partial charge >= 0.3 is 5.97 Å². The number of rotatable bonds is 4. The molecule has 1 amide bonds. The molecule has 0 aliphatic heterocycles. The van der Waals surface area contributed by atoms with Gasteiger partial charge in [0.05, 0.1) is 6.42 Å². The van der Waals surface area contributed by atoms with Crippen LogP contribution < -0.4 is 10.9 Å². The Morgan fingerprint density at radius 3 is 2.70 bits per heavy atom. The minimum Gasteiger partial charge on any atom is -0.481 e. The van der Waals surface area contributed by atoms with E-state index in [1.807, 2.05) is 0 Å². The minimum atomic E-state index is -0.942. The zero-order chi connectivity index (χ0) is 14.5. The molecule has 0 aliphatic rings. The van der Waals surface area contributed by atoms with Crippen molar-refractivity contribution in [2.45, 2.75) is 6.42 Å². The number of hydrogen-bond donors (Lipinski definition) is 3. The highest BCUT2D eigenvalue weighted by molar-refractivity contribution is 6.04. The molecule has 1 heterocycles. The summed E-state index contributed by atoms with van der Waals surface area (Å²) in [7, 11) is 0. The summed E-state index contributed by atoms with van der Waals surface area (Å²) in [4.78, 5) is 36.1. The van der Waals surface area contributed by atoms with E-state index in [-0.39, 0.29) is 17.5 Å². The van der Waals surface area contributed by atoms with Crippen LogP contribution in [0, 0.1) is 0 Å². The number of anilines is 1. The first kappa shape index (κ1) is 13.5.